The number of nitrogens with one attached hydrogen (secondary N) is 2. The second-order valence-corrected chi connectivity index (χ2v) is 7.04. The van der Waals surface area contributed by atoms with Crippen molar-refractivity contribution in [3.8, 4) is 0 Å². The Morgan fingerprint density at radius 1 is 1.07 bits per heavy atom. The highest BCUT2D eigenvalue weighted by Crippen LogP contribution is 2.26. The molecule has 0 aliphatic rings. The van der Waals surface area contributed by atoms with Crippen molar-refractivity contribution in [2.24, 2.45) is 0 Å². The van der Waals surface area contributed by atoms with E-state index in [4.69, 9.17) is 27.6 Å². The van der Waals surface area contributed by atoms with Crippen LogP contribution in [0.2, 0.25) is 10.0 Å². The van der Waals surface area contributed by atoms with Crippen LogP contribution in [-0.4, -0.2) is 12.5 Å². The second kappa shape index (κ2) is 9.09. The molecule has 1 aromatic heterocycles. The van der Waals surface area contributed by atoms with Gasteiger partial charge in [0.1, 0.15) is 5.76 Å². The zero-order chi connectivity index (χ0) is 19.2. The van der Waals surface area contributed by atoms with Crippen LogP contribution in [0.15, 0.2) is 71.3 Å². The minimum atomic E-state index is -0.233. The molecular weight excluding hydrogens is 383 g/mol. The molecule has 0 saturated carbocycles. The summed E-state index contributed by atoms with van der Waals surface area (Å²) in [6.07, 6.45) is 1.62. The van der Waals surface area contributed by atoms with Crippen molar-refractivity contribution in [3.63, 3.8) is 0 Å². The van der Waals surface area contributed by atoms with E-state index in [1.54, 1.807) is 18.4 Å². The van der Waals surface area contributed by atoms with Crippen molar-refractivity contribution < 1.29 is 9.21 Å². The third-order valence-electron chi connectivity index (χ3n) is 4.23. The summed E-state index contributed by atoms with van der Waals surface area (Å²) >= 11 is 12.1. The van der Waals surface area contributed by atoms with Crippen LogP contribution < -0.4 is 10.6 Å². The van der Waals surface area contributed by atoms with Crippen LogP contribution >= 0.6 is 23.2 Å². The lowest BCUT2D eigenvalue weighted by Gasteiger charge is -2.19. The Morgan fingerprint density at radius 3 is 2.52 bits per heavy atom. The fourth-order valence-electron chi connectivity index (χ4n) is 2.90. The molecule has 0 spiro atoms. The molecule has 1 amide bonds. The summed E-state index contributed by atoms with van der Waals surface area (Å²) in [5.41, 5.74) is 1.84. The van der Waals surface area contributed by atoms with Gasteiger partial charge < -0.3 is 9.73 Å². The Labute approximate surface area is 168 Å². The molecule has 0 saturated heterocycles. The monoisotopic (exact) mass is 402 g/mol. The van der Waals surface area contributed by atoms with Crippen molar-refractivity contribution in [1.29, 1.82) is 0 Å². The van der Waals surface area contributed by atoms with Crippen molar-refractivity contribution in [1.82, 2.24) is 10.6 Å². The molecule has 4 nitrogen and oxygen atoms in total. The number of carbonyl (C=O) groups is 1. The van der Waals surface area contributed by atoms with Gasteiger partial charge in [0, 0.05) is 10.0 Å². The van der Waals surface area contributed by atoms with Crippen LogP contribution in [0, 0.1) is 0 Å². The number of halogens is 2. The Bertz CT molecular complexity index is 882. The van der Waals surface area contributed by atoms with E-state index in [1.165, 1.54) is 0 Å². The number of furan rings is 1. The highest BCUT2D eigenvalue weighted by Gasteiger charge is 2.19. The summed E-state index contributed by atoms with van der Waals surface area (Å²) in [5.74, 6) is 0.615. The quantitative estimate of drug-likeness (QED) is 0.574. The molecule has 0 aliphatic heterocycles. The van der Waals surface area contributed by atoms with Crippen LogP contribution in [0.3, 0.4) is 0 Å². The molecule has 0 unspecified atom stereocenters. The molecule has 0 bridgehead atoms. The number of benzene rings is 2. The Hall–Kier alpha value is -2.27. The zero-order valence-corrected chi connectivity index (χ0v) is 16.3. The minimum absolute atomic E-state index is 0.135. The molecule has 3 aromatic rings. The maximum Gasteiger partial charge on any atom is 0.234 e. The van der Waals surface area contributed by atoms with Gasteiger partial charge in [-0.3, -0.25) is 10.1 Å². The van der Waals surface area contributed by atoms with Gasteiger partial charge in [-0.15, -0.1) is 0 Å². The van der Waals surface area contributed by atoms with Gasteiger partial charge in [0.25, 0.3) is 0 Å². The van der Waals surface area contributed by atoms with Gasteiger partial charge in [0.2, 0.25) is 5.91 Å². The van der Waals surface area contributed by atoms with E-state index < -0.39 is 0 Å². The number of hydrogen-bond donors (Lipinski definition) is 2. The molecule has 0 radical (unpaired) electrons. The third-order valence-corrected chi connectivity index (χ3v) is 4.80. The molecular formula is C21H20Cl2N2O2. The van der Waals surface area contributed by atoms with Gasteiger partial charge in [-0.25, -0.2) is 0 Å². The van der Waals surface area contributed by atoms with Crippen molar-refractivity contribution in [3.05, 3.63) is 93.9 Å². The maximum atomic E-state index is 12.4. The minimum Gasteiger partial charge on any atom is -0.467 e. The van der Waals surface area contributed by atoms with E-state index in [0.717, 1.165) is 16.9 Å². The normalized spacial score (nSPS) is 13.1. The van der Waals surface area contributed by atoms with Gasteiger partial charge in [-0.1, -0.05) is 59.6 Å². The van der Waals surface area contributed by atoms with E-state index >= 15 is 0 Å². The van der Waals surface area contributed by atoms with Crippen LogP contribution in [0.1, 0.15) is 35.9 Å². The number of hydrogen-bond acceptors (Lipinski definition) is 3. The first-order valence-corrected chi connectivity index (χ1v) is 9.36. The maximum absolute atomic E-state index is 12.4. The molecule has 0 aliphatic carbocycles. The van der Waals surface area contributed by atoms with E-state index in [-0.39, 0.29) is 24.5 Å². The molecule has 2 N–H and O–H groups in total. The SMILES string of the molecule is C[C@@H](NC(=O)CN[C@H](c1ccccc1)c1ccco1)c1ccc(Cl)cc1Cl. The summed E-state index contributed by atoms with van der Waals surface area (Å²) in [6.45, 7) is 2.02. The van der Waals surface area contributed by atoms with E-state index in [1.807, 2.05) is 55.5 Å². The van der Waals surface area contributed by atoms with E-state index in [9.17, 15) is 4.79 Å². The molecule has 2 atom stereocenters. The fourth-order valence-corrected chi connectivity index (χ4v) is 3.47. The molecule has 27 heavy (non-hydrogen) atoms. The molecule has 1 heterocycles. The van der Waals surface area contributed by atoms with Crippen LogP contribution in [0.4, 0.5) is 0 Å². The average Bonchev–Trinajstić information content (AvgIpc) is 3.17. The van der Waals surface area contributed by atoms with Gasteiger partial charge in [0.15, 0.2) is 0 Å². The van der Waals surface area contributed by atoms with Gasteiger partial charge in [0.05, 0.1) is 24.9 Å². The number of rotatable bonds is 7. The first kappa shape index (κ1) is 19.5. The Morgan fingerprint density at radius 2 is 1.85 bits per heavy atom. The van der Waals surface area contributed by atoms with Crippen LogP contribution in [-0.2, 0) is 4.79 Å². The molecule has 6 heteroatoms. The predicted molar refractivity (Wildman–Crippen MR) is 108 cm³/mol. The molecule has 140 valence electrons. The average molecular weight is 403 g/mol. The fraction of sp³-hybridized carbons (Fsp3) is 0.190. The lowest BCUT2D eigenvalue weighted by molar-refractivity contribution is -0.121. The second-order valence-electron chi connectivity index (χ2n) is 6.20. The van der Waals surface area contributed by atoms with Crippen molar-refractivity contribution in [2.75, 3.05) is 6.54 Å². The smallest absolute Gasteiger partial charge is 0.234 e. The van der Waals surface area contributed by atoms with Gasteiger partial charge in [-0.05, 0) is 42.3 Å². The predicted octanol–water partition coefficient (Wildman–Crippen LogP) is 5.14. The van der Waals surface area contributed by atoms with Crippen LogP contribution in [0.5, 0.6) is 0 Å². The molecule has 0 fully saturated rings. The summed E-state index contributed by atoms with van der Waals surface area (Å²) in [5, 5.41) is 7.30. The summed E-state index contributed by atoms with van der Waals surface area (Å²) in [6, 6.07) is 18.4. The highest BCUT2D eigenvalue weighted by atomic mass is 35.5. The van der Waals surface area contributed by atoms with Crippen molar-refractivity contribution in [2.45, 2.75) is 19.0 Å². The lowest BCUT2D eigenvalue weighted by Crippen LogP contribution is -2.37. The summed E-state index contributed by atoms with van der Waals surface area (Å²) in [7, 11) is 0. The topological polar surface area (TPSA) is 54.3 Å². The molecule has 3 rings (SSSR count). The van der Waals surface area contributed by atoms with E-state index in [2.05, 4.69) is 10.6 Å². The van der Waals surface area contributed by atoms with Gasteiger partial charge >= 0.3 is 0 Å². The van der Waals surface area contributed by atoms with Crippen LogP contribution in [0.25, 0.3) is 0 Å². The standard InChI is InChI=1S/C21H20Cl2N2O2/c1-14(17-10-9-16(22)12-18(17)23)25-20(26)13-24-21(19-8-5-11-27-19)15-6-3-2-4-7-15/h2-12,14,21,24H,13H2,1H3,(H,25,26)/t14-,21-/m1/s1. The largest absolute Gasteiger partial charge is 0.467 e. The lowest BCUT2D eigenvalue weighted by atomic mass is 10.0. The number of amides is 1. The van der Waals surface area contributed by atoms with Crippen molar-refractivity contribution >= 4 is 29.1 Å². The third kappa shape index (κ3) is 5.13. The Kier molecular flexibility index (Phi) is 6.56. The summed E-state index contributed by atoms with van der Waals surface area (Å²) in [4.78, 5) is 12.4. The first-order valence-electron chi connectivity index (χ1n) is 8.60. The Balaban J connectivity index is 1.64. The van der Waals surface area contributed by atoms with Gasteiger partial charge in [-0.2, -0.15) is 0 Å². The highest BCUT2D eigenvalue weighted by molar-refractivity contribution is 6.35. The molecule has 2 aromatic carbocycles. The summed E-state index contributed by atoms with van der Waals surface area (Å²) < 4.78 is 5.54. The zero-order valence-electron chi connectivity index (χ0n) is 14.8. The first-order chi connectivity index (χ1) is 13.0. The number of carbonyl (C=O) groups excluding carboxylic acids is 1. The van der Waals surface area contributed by atoms with E-state index in [0.29, 0.717) is 10.0 Å².